The Morgan fingerprint density at radius 2 is 2.18 bits per heavy atom. The second kappa shape index (κ2) is 7.45. The van der Waals surface area contributed by atoms with E-state index < -0.39 is 0 Å². The summed E-state index contributed by atoms with van der Waals surface area (Å²) in [6, 6.07) is 0.0537. The van der Waals surface area contributed by atoms with E-state index in [-0.39, 0.29) is 17.9 Å². The molecule has 0 aromatic rings. The molecule has 4 nitrogen and oxygen atoms in total. The molecule has 1 aliphatic rings. The molecule has 1 aliphatic carbocycles. The minimum atomic E-state index is -0.0220. The van der Waals surface area contributed by atoms with Crippen LogP contribution < -0.4 is 11.1 Å². The first kappa shape index (κ1) is 14.2. The van der Waals surface area contributed by atoms with Crippen molar-refractivity contribution in [3.05, 3.63) is 12.2 Å². The lowest BCUT2D eigenvalue weighted by Gasteiger charge is -2.20. The molecule has 0 fully saturated rings. The van der Waals surface area contributed by atoms with Gasteiger partial charge in [0.05, 0.1) is 5.92 Å². The number of rotatable bonds is 7. The van der Waals surface area contributed by atoms with Crippen molar-refractivity contribution in [2.75, 3.05) is 26.2 Å². The minimum absolute atomic E-state index is 0.0220. The molecule has 0 aromatic heterocycles. The van der Waals surface area contributed by atoms with E-state index in [1.165, 1.54) is 0 Å². The molecule has 4 heteroatoms. The zero-order chi connectivity index (χ0) is 12.7. The molecule has 0 spiro atoms. The lowest BCUT2D eigenvalue weighted by Crippen LogP contribution is -2.37. The van der Waals surface area contributed by atoms with E-state index in [1.54, 1.807) is 0 Å². The molecule has 0 aliphatic heterocycles. The van der Waals surface area contributed by atoms with Crippen LogP contribution in [-0.4, -0.2) is 43.0 Å². The van der Waals surface area contributed by atoms with Crippen LogP contribution in [0.4, 0.5) is 0 Å². The Labute approximate surface area is 104 Å². The number of nitrogens with two attached hydrogens (primary N) is 1. The van der Waals surface area contributed by atoms with Crippen LogP contribution in [0.15, 0.2) is 12.2 Å². The molecule has 1 rings (SSSR count). The van der Waals surface area contributed by atoms with Gasteiger partial charge in [-0.3, -0.25) is 4.79 Å². The third kappa shape index (κ3) is 4.88. The van der Waals surface area contributed by atoms with Crippen molar-refractivity contribution in [2.24, 2.45) is 11.7 Å². The second-order valence-electron chi connectivity index (χ2n) is 4.62. The molecule has 0 saturated carbocycles. The molecule has 0 aromatic carbocycles. The smallest absolute Gasteiger partial charge is 0.227 e. The fourth-order valence-electron chi connectivity index (χ4n) is 2.13. The average Bonchev–Trinajstić information content (AvgIpc) is 2.74. The first-order chi connectivity index (χ1) is 8.17. The van der Waals surface area contributed by atoms with Crippen LogP contribution >= 0.6 is 0 Å². The molecule has 98 valence electrons. The second-order valence-corrected chi connectivity index (χ2v) is 4.62. The Balaban J connectivity index is 2.17. The number of carbonyl (C=O) groups excluding carboxylic acids is 1. The van der Waals surface area contributed by atoms with E-state index in [2.05, 4.69) is 24.1 Å². The number of nitrogens with one attached hydrogen (secondary N) is 1. The van der Waals surface area contributed by atoms with Crippen LogP contribution in [0.5, 0.6) is 0 Å². The molecule has 2 unspecified atom stereocenters. The van der Waals surface area contributed by atoms with Crippen molar-refractivity contribution in [1.29, 1.82) is 0 Å². The van der Waals surface area contributed by atoms with Crippen molar-refractivity contribution >= 4 is 5.91 Å². The van der Waals surface area contributed by atoms with E-state index in [1.807, 2.05) is 12.2 Å². The van der Waals surface area contributed by atoms with Gasteiger partial charge in [0.2, 0.25) is 5.91 Å². The SMILES string of the molecule is CCCN(CC)CCNC(=O)C1C=CC(N)C1. The Kier molecular flexibility index (Phi) is 6.22. The van der Waals surface area contributed by atoms with Gasteiger partial charge in [-0.1, -0.05) is 26.0 Å². The summed E-state index contributed by atoms with van der Waals surface area (Å²) in [6.07, 6.45) is 5.74. The van der Waals surface area contributed by atoms with Crippen LogP contribution in [0.25, 0.3) is 0 Å². The van der Waals surface area contributed by atoms with Gasteiger partial charge in [-0.2, -0.15) is 0 Å². The largest absolute Gasteiger partial charge is 0.354 e. The number of amides is 1. The molecule has 0 saturated heterocycles. The molecule has 17 heavy (non-hydrogen) atoms. The van der Waals surface area contributed by atoms with Gasteiger partial charge in [-0.15, -0.1) is 0 Å². The summed E-state index contributed by atoms with van der Waals surface area (Å²) < 4.78 is 0. The van der Waals surface area contributed by atoms with Gasteiger partial charge in [-0.05, 0) is 25.9 Å². The molecule has 0 bridgehead atoms. The van der Waals surface area contributed by atoms with E-state index in [4.69, 9.17) is 5.73 Å². The van der Waals surface area contributed by atoms with Crippen molar-refractivity contribution in [2.45, 2.75) is 32.7 Å². The number of hydrogen-bond acceptors (Lipinski definition) is 3. The molecular weight excluding hydrogens is 214 g/mol. The maximum absolute atomic E-state index is 11.8. The topological polar surface area (TPSA) is 58.4 Å². The molecule has 1 amide bonds. The summed E-state index contributed by atoms with van der Waals surface area (Å²) in [6.45, 7) is 8.12. The number of likely N-dealkylation sites (N-methyl/N-ethyl adjacent to an activating group) is 1. The predicted octanol–water partition coefficient (Wildman–Crippen LogP) is 0.738. The van der Waals surface area contributed by atoms with Crippen LogP contribution in [-0.2, 0) is 4.79 Å². The average molecular weight is 239 g/mol. The Morgan fingerprint density at radius 3 is 2.71 bits per heavy atom. The molecular formula is C13H25N3O. The summed E-state index contributed by atoms with van der Waals surface area (Å²) in [5.74, 6) is 0.0907. The van der Waals surface area contributed by atoms with Gasteiger partial charge >= 0.3 is 0 Å². The molecule has 3 N–H and O–H groups in total. The van der Waals surface area contributed by atoms with Gasteiger partial charge in [0, 0.05) is 19.1 Å². The summed E-state index contributed by atoms with van der Waals surface area (Å²) in [5.41, 5.74) is 5.73. The first-order valence-electron chi connectivity index (χ1n) is 6.61. The quantitative estimate of drug-likeness (QED) is 0.644. The maximum Gasteiger partial charge on any atom is 0.227 e. The van der Waals surface area contributed by atoms with E-state index in [9.17, 15) is 4.79 Å². The monoisotopic (exact) mass is 239 g/mol. The highest BCUT2D eigenvalue weighted by molar-refractivity contribution is 5.81. The van der Waals surface area contributed by atoms with E-state index in [0.717, 1.165) is 39.0 Å². The standard InChI is InChI=1S/C13H25N3O/c1-3-8-16(4-2)9-7-15-13(17)11-5-6-12(14)10-11/h5-6,11-12H,3-4,7-10,14H2,1-2H3,(H,15,17). The Hall–Kier alpha value is -0.870. The van der Waals surface area contributed by atoms with Crippen LogP contribution in [0, 0.1) is 5.92 Å². The minimum Gasteiger partial charge on any atom is -0.354 e. The van der Waals surface area contributed by atoms with Gasteiger partial charge in [-0.25, -0.2) is 0 Å². The van der Waals surface area contributed by atoms with E-state index in [0.29, 0.717) is 0 Å². The highest BCUT2D eigenvalue weighted by Gasteiger charge is 2.22. The highest BCUT2D eigenvalue weighted by atomic mass is 16.1. The van der Waals surface area contributed by atoms with Crippen LogP contribution in [0.3, 0.4) is 0 Å². The molecule has 2 atom stereocenters. The zero-order valence-corrected chi connectivity index (χ0v) is 11.0. The van der Waals surface area contributed by atoms with Crippen LogP contribution in [0.1, 0.15) is 26.7 Å². The Morgan fingerprint density at radius 1 is 1.41 bits per heavy atom. The van der Waals surface area contributed by atoms with Gasteiger partial charge in [0.1, 0.15) is 0 Å². The number of nitrogens with zero attached hydrogens (tertiary/aromatic N) is 1. The van der Waals surface area contributed by atoms with Gasteiger partial charge in [0.15, 0.2) is 0 Å². The molecule has 0 heterocycles. The first-order valence-corrected chi connectivity index (χ1v) is 6.61. The maximum atomic E-state index is 11.8. The number of hydrogen-bond donors (Lipinski definition) is 2. The summed E-state index contributed by atoms with van der Waals surface area (Å²) >= 11 is 0. The van der Waals surface area contributed by atoms with Crippen LogP contribution in [0.2, 0.25) is 0 Å². The lowest BCUT2D eigenvalue weighted by atomic mass is 10.1. The van der Waals surface area contributed by atoms with Gasteiger partial charge in [0.25, 0.3) is 0 Å². The van der Waals surface area contributed by atoms with E-state index >= 15 is 0 Å². The summed E-state index contributed by atoms with van der Waals surface area (Å²) in [5, 5.41) is 2.98. The predicted molar refractivity (Wildman–Crippen MR) is 70.6 cm³/mol. The van der Waals surface area contributed by atoms with Gasteiger partial charge < -0.3 is 16.0 Å². The highest BCUT2D eigenvalue weighted by Crippen LogP contribution is 2.15. The summed E-state index contributed by atoms with van der Waals surface area (Å²) in [4.78, 5) is 14.1. The normalized spacial score (nSPS) is 23.3. The third-order valence-corrected chi connectivity index (χ3v) is 3.17. The molecule has 0 radical (unpaired) electrons. The van der Waals surface area contributed by atoms with Crippen molar-refractivity contribution < 1.29 is 4.79 Å². The fourth-order valence-corrected chi connectivity index (χ4v) is 2.13. The number of carbonyl (C=O) groups is 1. The fraction of sp³-hybridized carbons (Fsp3) is 0.769. The van der Waals surface area contributed by atoms with Crippen molar-refractivity contribution in [3.63, 3.8) is 0 Å². The van der Waals surface area contributed by atoms with Crippen molar-refractivity contribution in [1.82, 2.24) is 10.2 Å². The van der Waals surface area contributed by atoms with Crippen molar-refractivity contribution in [3.8, 4) is 0 Å². The summed E-state index contributed by atoms with van der Waals surface area (Å²) in [7, 11) is 0. The third-order valence-electron chi connectivity index (χ3n) is 3.17. The Bertz CT molecular complexity index is 265. The zero-order valence-electron chi connectivity index (χ0n) is 11.0. The lowest BCUT2D eigenvalue weighted by molar-refractivity contribution is -0.123.